The third kappa shape index (κ3) is 2.19. The van der Waals surface area contributed by atoms with E-state index in [2.05, 4.69) is 15.9 Å². The number of rotatable bonds is 2. The predicted molar refractivity (Wildman–Crippen MR) is 49.9 cm³/mol. The van der Waals surface area contributed by atoms with Gasteiger partial charge in [0.2, 0.25) is 0 Å². The van der Waals surface area contributed by atoms with Gasteiger partial charge in [-0.3, -0.25) is 9.59 Å². The van der Waals surface area contributed by atoms with E-state index in [0.29, 0.717) is 0 Å². The molecule has 0 spiro atoms. The number of H-pyrrole nitrogens is 1. The van der Waals surface area contributed by atoms with Crippen LogP contribution in [-0.4, -0.2) is 10.2 Å². The van der Waals surface area contributed by atoms with Gasteiger partial charge in [0.25, 0.3) is 17.2 Å². The molecule has 0 fully saturated rings. The molecule has 14 heavy (non-hydrogen) atoms. The minimum Gasteiger partial charge on any atom is -0.320 e. The van der Waals surface area contributed by atoms with Gasteiger partial charge >= 0.3 is 0 Å². The first-order valence-electron chi connectivity index (χ1n) is 3.34. The minimum absolute atomic E-state index is 0.151. The molecule has 0 bridgehead atoms. The van der Waals surface area contributed by atoms with Gasteiger partial charge in [0.1, 0.15) is 0 Å². The maximum atomic E-state index is 12.2. The monoisotopic (exact) mass is 285 g/mol. The highest BCUT2D eigenvalue weighted by Crippen LogP contribution is 2.20. The largest absolute Gasteiger partial charge is 0.320 e. The first kappa shape index (κ1) is 11.3. The van der Waals surface area contributed by atoms with Gasteiger partial charge in [-0.25, -0.2) is 8.78 Å². The number of pyridine rings is 1. The minimum atomic E-state index is -2.86. The molecular formula is C7H3BrClF2NO2. The van der Waals surface area contributed by atoms with E-state index in [9.17, 15) is 18.4 Å². The van der Waals surface area contributed by atoms with Crippen LogP contribution < -0.4 is 5.56 Å². The van der Waals surface area contributed by atoms with E-state index in [1.807, 2.05) is 4.98 Å². The molecule has 1 N–H and O–H groups in total. The molecule has 0 radical (unpaired) electrons. The maximum absolute atomic E-state index is 12.2. The SMILES string of the molecule is O=C(Cl)c1cc(C(F)F)[nH]c(=O)c1Br. The number of aromatic amines is 1. The van der Waals surface area contributed by atoms with E-state index in [-0.39, 0.29) is 10.0 Å². The molecular weight excluding hydrogens is 283 g/mol. The molecule has 0 saturated heterocycles. The molecule has 0 aliphatic carbocycles. The number of hydrogen-bond acceptors (Lipinski definition) is 2. The highest BCUT2D eigenvalue weighted by molar-refractivity contribution is 9.10. The van der Waals surface area contributed by atoms with Gasteiger partial charge in [-0.05, 0) is 33.6 Å². The Morgan fingerprint density at radius 2 is 2.14 bits per heavy atom. The molecule has 0 aliphatic rings. The van der Waals surface area contributed by atoms with Crippen molar-refractivity contribution in [3.05, 3.63) is 32.2 Å². The topological polar surface area (TPSA) is 49.9 Å². The fraction of sp³-hybridized carbons (Fsp3) is 0.143. The van der Waals surface area contributed by atoms with Gasteiger partial charge in [0.05, 0.1) is 15.7 Å². The normalized spacial score (nSPS) is 10.6. The second-order valence-electron chi connectivity index (χ2n) is 2.36. The Morgan fingerprint density at radius 3 is 2.57 bits per heavy atom. The van der Waals surface area contributed by atoms with Gasteiger partial charge in [0, 0.05) is 0 Å². The van der Waals surface area contributed by atoms with Crippen molar-refractivity contribution in [2.45, 2.75) is 6.43 Å². The summed E-state index contributed by atoms with van der Waals surface area (Å²) < 4.78 is 24.2. The van der Waals surface area contributed by atoms with Gasteiger partial charge in [0.15, 0.2) is 0 Å². The second kappa shape index (κ2) is 4.18. The molecule has 1 aromatic rings. The Hall–Kier alpha value is -0.750. The molecule has 0 amide bonds. The Morgan fingerprint density at radius 1 is 1.57 bits per heavy atom. The lowest BCUT2D eigenvalue weighted by atomic mass is 10.2. The third-order valence-electron chi connectivity index (χ3n) is 1.44. The highest BCUT2D eigenvalue weighted by atomic mass is 79.9. The lowest BCUT2D eigenvalue weighted by Gasteiger charge is -2.02. The van der Waals surface area contributed by atoms with E-state index >= 15 is 0 Å². The van der Waals surface area contributed by atoms with E-state index in [4.69, 9.17) is 11.6 Å². The standard InChI is InChI=1S/C7H3BrClF2NO2/c8-4-2(5(9)13)1-3(6(10)11)12-7(4)14/h1,6H,(H,12,14). The van der Waals surface area contributed by atoms with Crippen molar-refractivity contribution in [2.75, 3.05) is 0 Å². The van der Waals surface area contributed by atoms with Crippen LogP contribution in [0.2, 0.25) is 0 Å². The van der Waals surface area contributed by atoms with Crippen molar-refractivity contribution < 1.29 is 13.6 Å². The van der Waals surface area contributed by atoms with E-state index < -0.39 is 22.9 Å². The van der Waals surface area contributed by atoms with Crippen LogP contribution in [0.25, 0.3) is 0 Å². The van der Waals surface area contributed by atoms with Gasteiger partial charge < -0.3 is 4.98 Å². The molecule has 1 rings (SSSR count). The summed E-state index contributed by atoms with van der Waals surface area (Å²) in [5, 5.41) is -0.968. The highest BCUT2D eigenvalue weighted by Gasteiger charge is 2.16. The zero-order valence-electron chi connectivity index (χ0n) is 6.48. The molecule has 0 atom stereocenters. The van der Waals surface area contributed by atoms with Crippen molar-refractivity contribution in [1.29, 1.82) is 0 Å². The quantitative estimate of drug-likeness (QED) is 0.849. The first-order chi connectivity index (χ1) is 6.43. The Bertz CT molecular complexity index is 432. The first-order valence-corrected chi connectivity index (χ1v) is 4.51. The zero-order valence-corrected chi connectivity index (χ0v) is 8.82. The number of aromatic nitrogens is 1. The lowest BCUT2D eigenvalue weighted by molar-refractivity contribution is 0.107. The zero-order chi connectivity index (χ0) is 10.9. The maximum Gasteiger partial charge on any atom is 0.278 e. The van der Waals surface area contributed by atoms with E-state index in [1.165, 1.54) is 0 Å². The lowest BCUT2D eigenvalue weighted by Crippen LogP contribution is -2.14. The van der Waals surface area contributed by atoms with Crippen molar-refractivity contribution in [2.24, 2.45) is 0 Å². The second-order valence-corrected chi connectivity index (χ2v) is 3.49. The smallest absolute Gasteiger partial charge is 0.278 e. The number of carbonyl (C=O) groups excluding carboxylic acids is 1. The molecule has 1 aromatic heterocycles. The van der Waals surface area contributed by atoms with Crippen molar-refractivity contribution in [3.8, 4) is 0 Å². The summed E-state index contributed by atoms with van der Waals surface area (Å²) in [6.07, 6.45) is -2.86. The van der Waals surface area contributed by atoms with Crippen LogP contribution >= 0.6 is 27.5 Å². The van der Waals surface area contributed by atoms with Crippen LogP contribution in [0, 0.1) is 0 Å². The summed E-state index contributed by atoms with van der Waals surface area (Å²) in [6.45, 7) is 0. The van der Waals surface area contributed by atoms with Crippen LogP contribution in [-0.2, 0) is 0 Å². The number of hydrogen-bond donors (Lipinski definition) is 1. The molecule has 3 nitrogen and oxygen atoms in total. The number of nitrogens with one attached hydrogen (secondary N) is 1. The van der Waals surface area contributed by atoms with Crippen LogP contribution in [0.1, 0.15) is 22.5 Å². The van der Waals surface area contributed by atoms with Crippen LogP contribution in [0.15, 0.2) is 15.3 Å². The summed E-state index contributed by atoms with van der Waals surface area (Å²) in [6, 6.07) is 0.839. The van der Waals surface area contributed by atoms with Gasteiger partial charge in [-0.15, -0.1) is 0 Å². The van der Waals surface area contributed by atoms with E-state index in [0.717, 1.165) is 6.07 Å². The summed E-state index contributed by atoms with van der Waals surface area (Å²) in [5.74, 6) is 0. The average molecular weight is 286 g/mol. The summed E-state index contributed by atoms with van der Waals surface area (Å²) in [7, 11) is 0. The Labute approximate surface area is 90.2 Å². The molecule has 0 aliphatic heterocycles. The van der Waals surface area contributed by atoms with E-state index in [1.54, 1.807) is 0 Å². The molecule has 0 aromatic carbocycles. The van der Waals surface area contributed by atoms with Crippen LogP contribution in [0.4, 0.5) is 8.78 Å². The number of alkyl halides is 2. The fourth-order valence-electron chi connectivity index (χ4n) is 0.824. The van der Waals surface area contributed by atoms with Gasteiger partial charge in [-0.1, -0.05) is 0 Å². The van der Waals surface area contributed by atoms with Crippen molar-refractivity contribution in [1.82, 2.24) is 4.98 Å². The van der Waals surface area contributed by atoms with Crippen LogP contribution in [0.3, 0.4) is 0 Å². The number of carbonyl (C=O) groups is 1. The molecule has 0 saturated carbocycles. The summed E-state index contributed by atoms with van der Waals surface area (Å²) in [4.78, 5) is 23.7. The summed E-state index contributed by atoms with van der Waals surface area (Å²) >= 11 is 7.86. The van der Waals surface area contributed by atoms with Gasteiger partial charge in [-0.2, -0.15) is 0 Å². The fourth-order valence-corrected chi connectivity index (χ4v) is 1.48. The van der Waals surface area contributed by atoms with Crippen molar-refractivity contribution in [3.63, 3.8) is 0 Å². The average Bonchev–Trinajstić information content (AvgIpc) is 2.08. The molecule has 0 unspecified atom stereocenters. The predicted octanol–water partition coefficient (Wildman–Crippen LogP) is 2.45. The Balaban J connectivity index is 3.43. The third-order valence-corrected chi connectivity index (χ3v) is 2.43. The number of halogens is 4. The van der Waals surface area contributed by atoms with Crippen LogP contribution in [0.5, 0.6) is 0 Å². The molecule has 7 heteroatoms. The molecule has 1 heterocycles. The van der Waals surface area contributed by atoms with Crippen molar-refractivity contribution >= 4 is 32.8 Å². The summed E-state index contributed by atoms with van der Waals surface area (Å²) in [5.41, 5.74) is -1.72. The molecule has 76 valence electrons. The Kier molecular flexibility index (Phi) is 3.38.